The number of nitrogens with one attached hydrogen (secondary N) is 2. The Balaban J connectivity index is 2.09. The molecular weight excluding hydrogens is 268 g/mol. The molecule has 0 radical (unpaired) electrons. The van der Waals surface area contributed by atoms with Gasteiger partial charge in [-0.25, -0.2) is 0 Å². The summed E-state index contributed by atoms with van der Waals surface area (Å²) in [6, 6.07) is 3.73. The van der Waals surface area contributed by atoms with Gasteiger partial charge in [-0.15, -0.1) is 0 Å². The third-order valence-electron chi connectivity index (χ3n) is 3.49. The van der Waals surface area contributed by atoms with Crippen molar-refractivity contribution in [2.75, 3.05) is 43.6 Å². The predicted molar refractivity (Wildman–Crippen MR) is 85.5 cm³/mol. The Hall–Kier alpha value is -1.79. The quantitative estimate of drug-likeness (QED) is 0.605. The average Bonchev–Trinajstić information content (AvgIpc) is 2.34. The number of likely N-dealkylation sites (N-methyl/N-ethyl adjacent to an activating group) is 1. The Morgan fingerprint density at radius 3 is 2.81 bits per heavy atom. The van der Waals surface area contributed by atoms with Gasteiger partial charge in [0.2, 0.25) is 5.91 Å². The molecule has 1 aliphatic rings. The lowest BCUT2D eigenvalue weighted by Gasteiger charge is -2.28. The van der Waals surface area contributed by atoms with E-state index in [9.17, 15) is 9.90 Å². The van der Waals surface area contributed by atoms with Crippen LogP contribution in [0.15, 0.2) is 12.1 Å². The molecular formula is C15H24N4O2. The minimum Gasteiger partial charge on any atom is -0.397 e. The van der Waals surface area contributed by atoms with Crippen LogP contribution in [0.2, 0.25) is 0 Å². The molecule has 1 aromatic rings. The molecule has 1 unspecified atom stereocenters. The Bertz CT molecular complexity index is 541. The average molecular weight is 292 g/mol. The highest BCUT2D eigenvalue weighted by Crippen LogP contribution is 2.31. The summed E-state index contributed by atoms with van der Waals surface area (Å²) in [5.41, 5.74) is 8.38. The second-order valence-electron chi connectivity index (χ2n) is 6.23. The van der Waals surface area contributed by atoms with E-state index in [2.05, 4.69) is 10.6 Å². The van der Waals surface area contributed by atoms with Crippen LogP contribution in [0.4, 0.5) is 17.1 Å². The van der Waals surface area contributed by atoms with Crippen LogP contribution < -0.4 is 16.4 Å². The second-order valence-corrected chi connectivity index (χ2v) is 6.23. The molecule has 0 aliphatic carbocycles. The first-order valence-electron chi connectivity index (χ1n) is 7.10. The van der Waals surface area contributed by atoms with Crippen molar-refractivity contribution >= 4 is 23.0 Å². The summed E-state index contributed by atoms with van der Waals surface area (Å²) >= 11 is 0. The van der Waals surface area contributed by atoms with Crippen molar-refractivity contribution in [3.63, 3.8) is 0 Å². The monoisotopic (exact) mass is 292 g/mol. The lowest BCUT2D eigenvalue weighted by Crippen LogP contribution is -2.43. The van der Waals surface area contributed by atoms with Gasteiger partial charge in [-0.2, -0.15) is 0 Å². The maximum atomic E-state index is 11.4. The molecule has 0 aromatic heterocycles. The van der Waals surface area contributed by atoms with Crippen molar-refractivity contribution < 1.29 is 9.90 Å². The molecule has 0 saturated carbocycles. The van der Waals surface area contributed by atoms with E-state index in [1.54, 1.807) is 13.0 Å². The fraction of sp³-hybridized carbons (Fsp3) is 0.533. The van der Waals surface area contributed by atoms with E-state index >= 15 is 0 Å². The summed E-state index contributed by atoms with van der Waals surface area (Å²) in [6.07, 6.45) is 1.21. The van der Waals surface area contributed by atoms with Crippen LogP contribution >= 0.6 is 0 Å². The molecule has 0 saturated heterocycles. The number of rotatable bonds is 5. The smallest absolute Gasteiger partial charge is 0.224 e. The molecule has 1 aliphatic heterocycles. The highest BCUT2D eigenvalue weighted by molar-refractivity contribution is 5.95. The Kier molecular flexibility index (Phi) is 4.39. The van der Waals surface area contributed by atoms with Crippen LogP contribution in [-0.2, 0) is 11.2 Å². The predicted octanol–water partition coefficient (Wildman–Crippen LogP) is 0.878. The van der Waals surface area contributed by atoms with Gasteiger partial charge in [-0.05, 0) is 45.1 Å². The van der Waals surface area contributed by atoms with Gasteiger partial charge >= 0.3 is 0 Å². The van der Waals surface area contributed by atoms with E-state index in [0.29, 0.717) is 31.6 Å². The molecule has 1 amide bonds. The van der Waals surface area contributed by atoms with E-state index in [0.717, 1.165) is 16.9 Å². The Morgan fingerprint density at radius 1 is 1.43 bits per heavy atom. The number of nitrogens with two attached hydrogens (primary N) is 1. The van der Waals surface area contributed by atoms with Crippen molar-refractivity contribution in [2.45, 2.75) is 25.4 Å². The van der Waals surface area contributed by atoms with E-state index in [1.165, 1.54) is 0 Å². The molecule has 1 heterocycles. The van der Waals surface area contributed by atoms with E-state index in [1.807, 2.05) is 25.1 Å². The van der Waals surface area contributed by atoms with Crippen LogP contribution in [-0.4, -0.2) is 48.7 Å². The van der Waals surface area contributed by atoms with Crippen molar-refractivity contribution in [3.8, 4) is 0 Å². The normalized spacial score (nSPS) is 17.1. The largest absolute Gasteiger partial charge is 0.397 e. The zero-order valence-corrected chi connectivity index (χ0v) is 12.9. The zero-order valence-electron chi connectivity index (χ0n) is 12.9. The number of nitrogen functional groups attached to an aromatic ring is 1. The molecule has 116 valence electrons. The number of anilines is 3. The Morgan fingerprint density at radius 2 is 2.14 bits per heavy atom. The second kappa shape index (κ2) is 5.91. The van der Waals surface area contributed by atoms with Crippen molar-refractivity contribution in [2.24, 2.45) is 0 Å². The fourth-order valence-corrected chi connectivity index (χ4v) is 2.62. The van der Waals surface area contributed by atoms with Crippen LogP contribution in [0.5, 0.6) is 0 Å². The van der Waals surface area contributed by atoms with Crippen LogP contribution in [0.25, 0.3) is 0 Å². The van der Waals surface area contributed by atoms with Gasteiger partial charge in [-0.3, -0.25) is 4.79 Å². The van der Waals surface area contributed by atoms with E-state index < -0.39 is 5.60 Å². The van der Waals surface area contributed by atoms with Gasteiger partial charge < -0.3 is 26.4 Å². The van der Waals surface area contributed by atoms with Gasteiger partial charge in [0.05, 0.1) is 17.0 Å². The molecule has 21 heavy (non-hydrogen) atoms. The summed E-state index contributed by atoms with van der Waals surface area (Å²) in [6.45, 7) is 2.75. The first kappa shape index (κ1) is 15.6. The number of benzene rings is 1. The van der Waals surface area contributed by atoms with Crippen molar-refractivity contribution in [1.29, 1.82) is 0 Å². The minimum atomic E-state index is -0.847. The summed E-state index contributed by atoms with van der Waals surface area (Å²) in [7, 11) is 3.84. The highest BCUT2D eigenvalue weighted by Gasteiger charge is 2.22. The highest BCUT2D eigenvalue weighted by atomic mass is 16.3. The molecule has 1 atom stereocenters. The number of fused-ring (bicyclic) bond motifs is 1. The first-order chi connectivity index (χ1) is 9.77. The van der Waals surface area contributed by atoms with Crippen LogP contribution in [0.1, 0.15) is 18.9 Å². The van der Waals surface area contributed by atoms with E-state index in [-0.39, 0.29) is 5.91 Å². The van der Waals surface area contributed by atoms with Gasteiger partial charge in [0.1, 0.15) is 0 Å². The maximum absolute atomic E-state index is 11.4. The summed E-state index contributed by atoms with van der Waals surface area (Å²) in [5, 5.41) is 16.3. The molecule has 0 spiro atoms. The van der Waals surface area contributed by atoms with Crippen molar-refractivity contribution in [1.82, 2.24) is 4.90 Å². The van der Waals surface area contributed by atoms with E-state index in [4.69, 9.17) is 5.73 Å². The maximum Gasteiger partial charge on any atom is 0.224 e. The summed E-state index contributed by atoms with van der Waals surface area (Å²) in [4.78, 5) is 13.3. The van der Waals surface area contributed by atoms with Gasteiger partial charge in [0.25, 0.3) is 0 Å². The third-order valence-corrected chi connectivity index (χ3v) is 3.49. The lowest BCUT2D eigenvalue weighted by molar-refractivity contribution is -0.116. The first-order valence-corrected chi connectivity index (χ1v) is 7.10. The third kappa shape index (κ3) is 4.09. The molecule has 5 N–H and O–H groups in total. The number of carbonyl (C=O) groups is 1. The summed E-state index contributed by atoms with van der Waals surface area (Å²) < 4.78 is 0. The number of nitrogens with zero attached hydrogens (tertiary/aromatic N) is 1. The molecule has 6 nitrogen and oxygen atoms in total. The number of amides is 1. The standard InChI is InChI=1S/C15H24N4O2/c1-15(21,9-19(2)3)8-17-13-6-10-4-5-14(20)18-12(10)7-11(13)16/h6-7,17,21H,4-5,8-9,16H2,1-3H3,(H,18,20). The molecule has 0 bridgehead atoms. The molecule has 1 aromatic carbocycles. The molecule has 2 rings (SSSR count). The number of aliphatic hydroxyl groups is 1. The lowest BCUT2D eigenvalue weighted by atomic mass is 10.0. The number of hydrogen-bond donors (Lipinski definition) is 4. The molecule has 6 heteroatoms. The SMILES string of the molecule is CN(C)CC(C)(O)CNc1cc2c(cc1N)NC(=O)CC2. The minimum absolute atomic E-state index is 0.0246. The number of hydrogen-bond acceptors (Lipinski definition) is 5. The number of aryl methyl sites for hydroxylation is 1. The van der Waals surface area contributed by atoms with Gasteiger partial charge in [0, 0.05) is 25.2 Å². The number of carbonyl (C=O) groups excluding carboxylic acids is 1. The van der Waals surface area contributed by atoms with Crippen LogP contribution in [0, 0.1) is 0 Å². The topological polar surface area (TPSA) is 90.6 Å². The molecule has 0 fully saturated rings. The zero-order chi connectivity index (χ0) is 15.6. The van der Waals surface area contributed by atoms with Crippen LogP contribution in [0.3, 0.4) is 0 Å². The summed E-state index contributed by atoms with van der Waals surface area (Å²) in [5.74, 6) is 0.0246. The Labute approximate surface area is 125 Å². The van der Waals surface area contributed by atoms with Crippen molar-refractivity contribution in [3.05, 3.63) is 17.7 Å². The van der Waals surface area contributed by atoms with Gasteiger partial charge in [-0.1, -0.05) is 0 Å². The van der Waals surface area contributed by atoms with Gasteiger partial charge in [0.15, 0.2) is 0 Å². The fourth-order valence-electron chi connectivity index (χ4n) is 2.62.